The van der Waals surface area contributed by atoms with E-state index in [0.717, 1.165) is 25.1 Å². The number of nitrogens with one attached hydrogen (secondary N) is 3. The van der Waals surface area contributed by atoms with Crippen LogP contribution >= 0.6 is 0 Å². The van der Waals surface area contributed by atoms with Gasteiger partial charge in [-0.15, -0.1) is 0 Å². The number of nitrogens with zero attached hydrogens (tertiary/aromatic N) is 1. The third kappa shape index (κ3) is 4.82. The summed E-state index contributed by atoms with van der Waals surface area (Å²) in [5.74, 6) is -0.531. The zero-order chi connectivity index (χ0) is 19.4. The lowest BCUT2D eigenvalue weighted by Crippen LogP contribution is -2.24. The third-order valence-corrected chi connectivity index (χ3v) is 4.11. The number of anilines is 1. The monoisotopic (exact) mass is 378 g/mol. The minimum absolute atomic E-state index is 0.170. The summed E-state index contributed by atoms with van der Waals surface area (Å²) in [6.45, 7) is 1.73. The molecule has 0 bridgehead atoms. The molecule has 2 heterocycles. The number of aromatic amines is 1. The number of alkyl halides is 3. The molecular formula is C18H17F3N4O2. The average Bonchev–Trinajstić information content (AvgIpc) is 2.64. The standard InChI is InChI=1S/C18H17F3N4O2/c19-18(20,21)15-9-14(24-25-17(15)27)10-16(26)23-13-3-1-11(2-4-13)12-5-7-22-8-6-12/h1-5,9,22H,6-8,10H2,(H,23,26)(H,25,27). The fraction of sp³-hybridized carbons (Fsp3) is 0.278. The van der Waals surface area contributed by atoms with Gasteiger partial charge in [-0.05, 0) is 42.3 Å². The van der Waals surface area contributed by atoms with Crippen molar-refractivity contribution in [1.82, 2.24) is 15.5 Å². The number of carbonyl (C=O) groups excluding carboxylic acids is 1. The second-order valence-corrected chi connectivity index (χ2v) is 6.09. The molecule has 0 saturated heterocycles. The van der Waals surface area contributed by atoms with Gasteiger partial charge >= 0.3 is 6.18 Å². The zero-order valence-electron chi connectivity index (χ0n) is 14.2. The highest BCUT2D eigenvalue weighted by Gasteiger charge is 2.34. The van der Waals surface area contributed by atoms with Crippen LogP contribution in [0.3, 0.4) is 0 Å². The van der Waals surface area contributed by atoms with Crippen molar-refractivity contribution in [2.75, 3.05) is 18.4 Å². The maximum absolute atomic E-state index is 12.7. The molecule has 6 nitrogen and oxygen atoms in total. The van der Waals surface area contributed by atoms with Crippen LogP contribution in [0.15, 0.2) is 41.2 Å². The van der Waals surface area contributed by atoms with Crippen molar-refractivity contribution in [3.63, 3.8) is 0 Å². The minimum atomic E-state index is -4.80. The van der Waals surface area contributed by atoms with Crippen LogP contribution in [-0.4, -0.2) is 29.2 Å². The van der Waals surface area contributed by atoms with Crippen LogP contribution in [-0.2, 0) is 17.4 Å². The smallest absolute Gasteiger partial charge is 0.326 e. The van der Waals surface area contributed by atoms with E-state index in [4.69, 9.17) is 0 Å². The number of rotatable bonds is 4. The molecule has 0 spiro atoms. The first kappa shape index (κ1) is 18.8. The Morgan fingerprint density at radius 1 is 1.22 bits per heavy atom. The first-order valence-electron chi connectivity index (χ1n) is 8.29. The van der Waals surface area contributed by atoms with Crippen LogP contribution in [0.5, 0.6) is 0 Å². The van der Waals surface area contributed by atoms with Crippen LogP contribution in [0.4, 0.5) is 18.9 Å². The van der Waals surface area contributed by atoms with Crippen LogP contribution in [0.1, 0.15) is 23.2 Å². The Labute approximate surface area is 152 Å². The number of hydrogen-bond donors (Lipinski definition) is 3. The van der Waals surface area contributed by atoms with Crippen molar-refractivity contribution >= 4 is 17.2 Å². The highest BCUT2D eigenvalue weighted by Crippen LogP contribution is 2.26. The fourth-order valence-corrected chi connectivity index (χ4v) is 2.77. The molecule has 9 heteroatoms. The summed E-state index contributed by atoms with van der Waals surface area (Å²) < 4.78 is 38.2. The normalized spacial score (nSPS) is 14.6. The molecule has 1 aromatic carbocycles. The number of halogens is 3. The van der Waals surface area contributed by atoms with Gasteiger partial charge in [0, 0.05) is 12.2 Å². The molecular weight excluding hydrogens is 361 g/mol. The second kappa shape index (κ2) is 7.75. The van der Waals surface area contributed by atoms with E-state index in [1.54, 1.807) is 17.2 Å². The Bertz CT molecular complexity index is 917. The summed E-state index contributed by atoms with van der Waals surface area (Å²) in [5.41, 5.74) is -0.0700. The summed E-state index contributed by atoms with van der Waals surface area (Å²) in [5, 5.41) is 11.1. The van der Waals surface area contributed by atoms with Gasteiger partial charge in [-0.3, -0.25) is 9.59 Å². The Morgan fingerprint density at radius 2 is 1.96 bits per heavy atom. The molecule has 0 radical (unpaired) electrons. The summed E-state index contributed by atoms with van der Waals surface area (Å²) in [4.78, 5) is 23.3. The Hall–Kier alpha value is -2.94. The van der Waals surface area contributed by atoms with E-state index in [0.29, 0.717) is 11.8 Å². The van der Waals surface area contributed by atoms with Gasteiger partial charge < -0.3 is 10.6 Å². The minimum Gasteiger partial charge on any atom is -0.326 e. The van der Waals surface area contributed by atoms with E-state index in [-0.39, 0.29) is 5.69 Å². The van der Waals surface area contributed by atoms with Crippen molar-refractivity contribution < 1.29 is 18.0 Å². The van der Waals surface area contributed by atoms with Gasteiger partial charge in [-0.2, -0.15) is 18.3 Å². The maximum atomic E-state index is 12.7. The topological polar surface area (TPSA) is 86.9 Å². The number of H-pyrrole nitrogens is 1. The average molecular weight is 378 g/mol. The van der Waals surface area contributed by atoms with Crippen LogP contribution in [0.25, 0.3) is 5.57 Å². The summed E-state index contributed by atoms with van der Waals surface area (Å²) >= 11 is 0. The van der Waals surface area contributed by atoms with Crippen LogP contribution in [0.2, 0.25) is 0 Å². The van der Waals surface area contributed by atoms with Gasteiger partial charge in [-0.25, -0.2) is 5.10 Å². The van der Waals surface area contributed by atoms with Crippen LogP contribution < -0.4 is 16.2 Å². The summed E-state index contributed by atoms with van der Waals surface area (Å²) in [6.07, 6.45) is -2.17. The summed E-state index contributed by atoms with van der Waals surface area (Å²) in [7, 11) is 0. The summed E-state index contributed by atoms with van der Waals surface area (Å²) in [6, 6.07) is 7.82. The van der Waals surface area contributed by atoms with Crippen molar-refractivity contribution in [2.24, 2.45) is 0 Å². The number of hydrogen-bond acceptors (Lipinski definition) is 4. The highest BCUT2D eigenvalue weighted by atomic mass is 19.4. The van der Waals surface area contributed by atoms with Gasteiger partial charge in [0.25, 0.3) is 5.56 Å². The Morgan fingerprint density at radius 3 is 2.59 bits per heavy atom. The molecule has 1 amide bonds. The predicted molar refractivity (Wildman–Crippen MR) is 94.1 cm³/mol. The van der Waals surface area contributed by atoms with Gasteiger partial charge in [0.15, 0.2) is 0 Å². The molecule has 1 aliphatic rings. The van der Waals surface area contributed by atoms with E-state index in [2.05, 4.69) is 21.8 Å². The number of carbonyl (C=O) groups is 1. The van der Waals surface area contributed by atoms with E-state index in [1.165, 1.54) is 5.57 Å². The van der Waals surface area contributed by atoms with Crippen molar-refractivity contribution in [3.05, 3.63) is 63.6 Å². The van der Waals surface area contributed by atoms with Gasteiger partial charge in [-0.1, -0.05) is 18.2 Å². The maximum Gasteiger partial charge on any atom is 0.421 e. The van der Waals surface area contributed by atoms with Gasteiger partial charge in [0.1, 0.15) is 5.56 Å². The quantitative estimate of drug-likeness (QED) is 0.762. The number of aromatic nitrogens is 2. The molecule has 2 aromatic rings. The highest BCUT2D eigenvalue weighted by molar-refractivity contribution is 5.92. The zero-order valence-corrected chi connectivity index (χ0v) is 14.2. The molecule has 0 aliphatic carbocycles. The first-order valence-corrected chi connectivity index (χ1v) is 8.29. The lowest BCUT2D eigenvalue weighted by Gasteiger charge is -2.14. The Balaban J connectivity index is 1.66. The first-order chi connectivity index (χ1) is 12.8. The van der Waals surface area contributed by atoms with Crippen molar-refractivity contribution in [3.8, 4) is 0 Å². The van der Waals surface area contributed by atoms with E-state index >= 15 is 0 Å². The predicted octanol–water partition coefficient (Wildman–Crippen LogP) is 2.35. The molecule has 1 aromatic heterocycles. The third-order valence-electron chi connectivity index (χ3n) is 4.11. The number of benzene rings is 1. The van der Waals surface area contributed by atoms with Crippen molar-refractivity contribution in [1.29, 1.82) is 0 Å². The van der Waals surface area contributed by atoms with E-state index in [9.17, 15) is 22.8 Å². The van der Waals surface area contributed by atoms with Crippen LogP contribution in [0, 0.1) is 0 Å². The molecule has 142 valence electrons. The fourth-order valence-electron chi connectivity index (χ4n) is 2.77. The molecule has 3 N–H and O–H groups in total. The molecule has 3 rings (SSSR count). The lowest BCUT2D eigenvalue weighted by molar-refractivity contribution is -0.139. The van der Waals surface area contributed by atoms with Crippen molar-refractivity contribution in [2.45, 2.75) is 19.0 Å². The number of amides is 1. The Kier molecular flexibility index (Phi) is 5.41. The van der Waals surface area contributed by atoms with E-state index in [1.807, 2.05) is 12.1 Å². The largest absolute Gasteiger partial charge is 0.421 e. The SMILES string of the molecule is O=C(Cc1cc(C(F)(F)F)c(=O)[nH]n1)Nc1ccc(C2=CCNCC2)cc1. The molecule has 0 saturated carbocycles. The molecule has 1 aliphatic heterocycles. The van der Waals surface area contributed by atoms with E-state index < -0.39 is 29.6 Å². The van der Waals surface area contributed by atoms with Gasteiger partial charge in [0.2, 0.25) is 5.91 Å². The lowest BCUT2D eigenvalue weighted by atomic mass is 10.00. The molecule has 27 heavy (non-hydrogen) atoms. The molecule has 0 fully saturated rings. The molecule has 0 unspecified atom stereocenters. The second-order valence-electron chi connectivity index (χ2n) is 6.09. The molecule has 0 atom stereocenters. The van der Waals surface area contributed by atoms with Gasteiger partial charge in [0.05, 0.1) is 12.1 Å².